The molecule has 0 spiro atoms. The second-order valence-electron chi connectivity index (χ2n) is 6.52. The van der Waals surface area contributed by atoms with Crippen molar-refractivity contribution >= 4 is 0 Å². The molecule has 0 aliphatic rings. The maximum atomic E-state index is 5.83. The first-order chi connectivity index (χ1) is 9.29. The lowest BCUT2D eigenvalue weighted by atomic mass is 9.83. The molecule has 0 N–H and O–H groups in total. The number of hydrogen-bond donors (Lipinski definition) is 0. The van der Waals surface area contributed by atoms with Crippen LogP contribution < -0.4 is 0 Å². The maximum absolute atomic E-state index is 5.83. The first-order valence-corrected chi connectivity index (χ1v) is 7.18. The lowest BCUT2D eigenvalue weighted by Gasteiger charge is -2.23. The van der Waals surface area contributed by atoms with Gasteiger partial charge in [-0.25, -0.2) is 9.97 Å². The van der Waals surface area contributed by atoms with Crippen molar-refractivity contribution in [2.75, 3.05) is 0 Å². The number of nitrogens with zero attached hydrogens (tertiary/aromatic N) is 2. The van der Waals surface area contributed by atoms with Crippen LogP contribution in [0.3, 0.4) is 0 Å². The summed E-state index contributed by atoms with van der Waals surface area (Å²) in [5.74, 6) is 3.95. The Labute approximate surface area is 120 Å². The molecule has 1 atom stereocenters. The summed E-state index contributed by atoms with van der Waals surface area (Å²) in [5, 5.41) is 0. The molecule has 4 heteroatoms. The molecular weight excluding hydrogens is 252 g/mol. The Hall–Kier alpha value is -1.58. The Balaban J connectivity index is 2.11. The van der Waals surface area contributed by atoms with Crippen LogP contribution in [-0.2, 0) is 5.41 Å². The van der Waals surface area contributed by atoms with Crippen molar-refractivity contribution in [1.82, 2.24) is 9.97 Å². The molecule has 0 saturated heterocycles. The van der Waals surface area contributed by atoms with Gasteiger partial charge in [-0.3, -0.25) is 0 Å². The van der Waals surface area contributed by atoms with Gasteiger partial charge < -0.3 is 8.83 Å². The molecule has 0 saturated carbocycles. The van der Waals surface area contributed by atoms with E-state index in [1.54, 1.807) is 6.20 Å². The van der Waals surface area contributed by atoms with Crippen LogP contribution >= 0.6 is 0 Å². The zero-order valence-electron chi connectivity index (χ0n) is 13.2. The lowest BCUT2D eigenvalue weighted by molar-refractivity contribution is 0.304. The van der Waals surface area contributed by atoms with E-state index in [1.807, 2.05) is 13.1 Å². The molecule has 2 rings (SSSR count). The molecule has 0 aliphatic heterocycles. The van der Waals surface area contributed by atoms with E-state index < -0.39 is 0 Å². The zero-order chi connectivity index (χ0) is 14.9. The van der Waals surface area contributed by atoms with E-state index in [0.717, 1.165) is 29.7 Å². The summed E-state index contributed by atoms with van der Waals surface area (Å²) >= 11 is 0. The molecule has 2 aromatic rings. The van der Waals surface area contributed by atoms with Crippen molar-refractivity contribution in [3.8, 4) is 0 Å². The largest absolute Gasteiger partial charge is 0.445 e. The second-order valence-corrected chi connectivity index (χ2v) is 6.52. The molecule has 2 heterocycles. The number of hydrogen-bond acceptors (Lipinski definition) is 4. The van der Waals surface area contributed by atoms with E-state index in [1.165, 1.54) is 0 Å². The molecule has 0 aliphatic carbocycles. The van der Waals surface area contributed by atoms with Gasteiger partial charge in [0.15, 0.2) is 11.8 Å². The molecule has 0 amide bonds. The first kappa shape index (κ1) is 14.8. The highest BCUT2D eigenvalue weighted by Crippen LogP contribution is 2.34. The second kappa shape index (κ2) is 5.43. The highest BCUT2D eigenvalue weighted by atomic mass is 16.4. The van der Waals surface area contributed by atoms with Crippen LogP contribution in [0, 0.1) is 6.92 Å². The van der Waals surface area contributed by atoms with E-state index in [4.69, 9.17) is 8.83 Å². The number of oxazole rings is 2. The minimum absolute atomic E-state index is 0.139. The SMILES string of the molecule is Cc1cnc(C(C)(C)CC(C)c2ncc(C(C)C)o2)o1. The van der Waals surface area contributed by atoms with Gasteiger partial charge >= 0.3 is 0 Å². The summed E-state index contributed by atoms with van der Waals surface area (Å²) in [6.07, 6.45) is 4.48. The highest BCUT2D eigenvalue weighted by Gasteiger charge is 2.30. The molecule has 1 unspecified atom stereocenters. The fraction of sp³-hybridized carbons (Fsp3) is 0.625. The van der Waals surface area contributed by atoms with E-state index in [-0.39, 0.29) is 11.3 Å². The van der Waals surface area contributed by atoms with Crippen LogP contribution in [0.15, 0.2) is 21.2 Å². The van der Waals surface area contributed by atoms with Crippen LogP contribution in [0.25, 0.3) is 0 Å². The van der Waals surface area contributed by atoms with Gasteiger partial charge in [-0.2, -0.15) is 0 Å². The highest BCUT2D eigenvalue weighted by molar-refractivity contribution is 5.08. The smallest absolute Gasteiger partial charge is 0.200 e. The van der Waals surface area contributed by atoms with Gasteiger partial charge in [0.05, 0.1) is 12.4 Å². The molecule has 0 radical (unpaired) electrons. The lowest BCUT2D eigenvalue weighted by Crippen LogP contribution is -2.20. The predicted molar refractivity (Wildman–Crippen MR) is 77.9 cm³/mol. The Bertz CT molecular complexity index is 567. The number of aryl methyl sites for hydroxylation is 1. The summed E-state index contributed by atoms with van der Waals surface area (Å²) in [6.45, 7) is 12.5. The molecule has 0 fully saturated rings. The summed E-state index contributed by atoms with van der Waals surface area (Å²) in [4.78, 5) is 8.75. The normalized spacial score (nSPS) is 13.9. The topological polar surface area (TPSA) is 52.1 Å². The summed E-state index contributed by atoms with van der Waals surface area (Å²) < 4.78 is 11.5. The quantitative estimate of drug-likeness (QED) is 0.803. The third kappa shape index (κ3) is 3.11. The molecule has 0 bridgehead atoms. The summed E-state index contributed by atoms with van der Waals surface area (Å²) in [7, 11) is 0. The third-order valence-electron chi connectivity index (χ3n) is 3.55. The number of rotatable bonds is 5. The molecule has 2 aromatic heterocycles. The van der Waals surface area contributed by atoms with Crippen LogP contribution in [0.4, 0.5) is 0 Å². The predicted octanol–water partition coefficient (Wildman–Crippen LogP) is 4.57. The van der Waals surface area contributed by atoms with E-state index in [9.17, 15) is 0 Å². The molecular formula is C16H24N2O2. The van der Waals surface area contributed by atoms with Crippen molar-refractivity contribution in [1.29, 1.82) is 0 Å². The van der Waals surface area contributed by atoms with Gasteiger partial charge in [-0.1, -0.05) is 34.6 Å². The van der Waals surface area contributed by atoms with Crippen molar-refractivity contribution in [2.45, 2.75) is 65.2 Å². The van der Waals surface area contributed by atoms with Gasteiger partial charge in [0.2, 0.25) is 0 Å². The van der Waals surface area contributed by atoms with E-state index in [2.05, 4.69) is 44.6 Å². The van der Waals surface area contributed by atoms with Gasteiger partial charge in [-0.05, 0) is 13.3 Å². The standard InChI is InChI=1S/C16H24N2O2/c1-10(2)13-9-17-14(20-13)11(3)7-16(5,6)15-18-8-12(4)19-15/h8-11H,7H2,1-6H3. The maximum Gasteiger partial charge on any atom is 0.200 e. The average molecular weight is 276 g/mol. The van der Waals surface area contributed by atoms with Gasteiger partial charge in [-0.15, -0.1) is 0 Å². The van der Waals surface area contributed by atoms with Crippen LogP contribution in [0.2, 0.25) is 0 Å². The Morgan fingerprint density at radius 1 is 1.10 bits per heavy atom. The molecule has 0 aromatic carbocycles. The van der Waals surface area contributed by atoms with Crippen LogP contribution in [0.5, 0.6) is 0 Å². The third-order valence-corrected chi connectivity index (χ3v) is 3.55. The molecule has 20 heavy (non-hydrogen) atoms. The van der Waals surface area contributed by atoms with Crippen molar-refractivity contribution in [3.05, 3.63) is 35.7 Å². The van der Waals surface area contributed by atoms with Crippen molar-refractivity contribution in [3.63, 3.8) is 0 Å². The summed E-state index contributed by atoms with van der Waals surface area (Å²) in [6, 6.07) is 0. The summed E-state index contributed by atoms with van der Waals surface area (Å²) in [5.41, 5.74) is -0.139. The van der Waals surface area contributed by atoms with Crippen molar-refractivity contribution < 1.29 is 8.83 Å². The minimum atomic E-state index is -0.139. The first-order valence-electron chi connectivity index (χ1n) is 7.18. The molecule has 110 valence electrons. The Morgan fingerprint density at radius 3 is 2.30 bits per heavy atom. The van der Waals surface area contributed by atoms with Crippen molar-refractivity contribution in [2.24, 2.45) is 0 Å². The fourth-order valence-electron chi connectivity index (χ4n) is 2.40. The van der Waals surface area contributed by atoms with Gasteiger partial charge in [0.1, 0.15) is 11.5 Å². The van der Waals surface area contributed by atoms with Gasteiger partial charge in [0, 0.05) is 17.3 Å². The monoisotopic (exact) mass is 276 g/mol. The Kier molecular flexibility index (Phi) is 4.02. The van der Waals surface area contributed by atoms with E-state index >= 15 is 0 Å². The average Bonchev–Trinajstić information content (AvgIpc) is 2.96. The van der Waals surface area contributed by atoms with E-state index in [0.29, 0.717) is 5.92 Å². The van der Waals surface area contributed by atoms with Gasteiger partial charge in [0.25, 0.3) is 0 Å². The fourth-order valence-corrected chi connectivity index (χ4v) is 2.40. The minimum Gasteiger partial charge on any atom is -0.445 e. The molecule has 4 nitrogen and oxygen atoms in total. The van der Waals surface area contributed by atoms with Crippen LogP contribution in [0.1, 0.15) is 76.2 Å². The Morgan fingerprint density at radius 2 is 1.80 bits per heavy atom. The number of aromatic nitrogens is 2. The van der Waals surface area contributed by atoms with Crippen LogP contribution in [-0.4, -0.2) is 9.97 Å². The zero-order valence-corrected chi connectivity index (χ0v) is 13.2.